The van der Waals surface area contributed by atoms with Gasteiger partial charge >= 0.3 is 0 Å². The second-order valence-electron chi connectivity index (χ2n) is 2.73. The molecule has 0 aliphatic heterocycles. The normalized spacial score (nSPS) is 18.8. The smallest absolute Gasteiger partial charge is 0.158 e. The molecule has 1 saturated carbocycles. The van der Waals surface area contributed by atoms with E-state index in [2.05, 4.69) is 10.4 Å². The van der Waals surface area contributed by atoms with Crippen LogP contribution in [0.1, 0.15) is 30.9 Å². The number of H-pyrrole nitrogens is 1. The Morgan fingerprint density at radius 2 is 2.40 bits per heavy atom. The summed E-state index contributed by atoms with van der Waals surface area (Å²) in [4.78, 5) is 3.21. The molecule has 0 unspecified atom stereocenters. The average Bonchev–Trinajstić information content (AvgIpc) is 2.10. The molecule has 54 valence electrons. The first kappa shape index (κ1) is 6.55. The molecule has 0 spiro atoms. The number of aromatic amines is 1. The van der Waals surface area contributed by atoms with Crippen LogP contribution in [0.2, 0.25) is 0 Å². The Morgan fingerprint density at radius 1 is 1.60 bits per heavy atom. The molecule has 0 amide bonds. The van der Waals surface area contributed by atoms with E-state index >= 15 is 0 Å². The fourth-order valence-corrected chi connectivity index (χ4v) is 2.14. The Kier molecular flexibility index (Phi) is 1.62. The Labute approximate surface area is 69.1 Å². The highest BCUT2D eigenvalue weighted by Crippen LogP contribution is 2.35. The molecule has 1 fully saturated rings. The highest BCUT2D eigenvalue weighted by Gasteiger charge is 2.20. The molecule has 1 aromatic rings. The van der Waals surface area contributed by atoms with Gasteiger partial charge in [0, 0.05) is 11.1 Å². The summed E-state index contributed by atoms with van der Waals surface area (Å²) >= 11 is 6.63. The summed E-state index contributed by atoms with van der Waals surface area (Å²) in [6.45, 7) is 0. The van der Waals surface area contributed by atoms with Crippen molar-refractivity contribution in [2.45, 2.75) is 25.2 Å². The van der Waals surface area contributed by atoms with Crippen molar-refractivity contribution >= 4 is 23.6 Å². The van der Waals surface area contributed by atoms with E-state index in [0.717, 1.165) is 9.87 Å². The number of hydrogen-bond donors (Lipinski definition) is 1. The molecule has 1 nitrogen and oxygen atoms in total. The molecule has 1 aliphatic rings. The summed E-state index contributed by atoms with van der Waals surface area (Å²) in [5, 5.41) is 2.16. The lowest BCUT2D eigenvalue weighted by molar-refractivity contribution is 0.412. The Morgan fingerprint density at radius 3 is 2.80 bits per heavy atom. The third-order valence-corrected chi connectivity index (χ3v) is 3.16. The zero-order valence-electron chi connectivity index (χ0n) is 5.59. The van der Waals surface area contributed by atoms with Gasteiger partial charge in [-0.2, -0.15) is 0 Å². The van der Waals surface area contributed by atoms with E-state index in [1.54, 1.807) is 11.3 Å². The number of rotatable bonds is 1. The summed E-state index contributed by atoms with van der Waals surface area (Å²) in [5.74, 6) is 0.799. The zero-order chi connectivity index (χ0) is 6.97. The highest BCUT2D eigenvalue weighted by molar-refractivity contribution is 7.73. The number of aromatic nitrogens is 1. The van der Waals surface area contributed by atoms with E-state index in [9.17, 15) is 0 Å². The second-order valence-corrected chi connectivity index (χ2v) is 4.28. The lowest BCUT2D eigenvalue weighted by Crippen LogP contribution is -2.08. The van der Waals surface area contributed by atoms with Crippen LogP contribution in [0.3, 0.4) is 0 Å². The quantitative estimate of drug-likeness (QED) is 0.642. The fraction of sp³-hybridized carbons (Fsp3) is 0.571. The summed E-state index contributed by atoms with van der Waals surface area (Å²) in [5.41, 5.74) is 1.36. The summed E-state index contributed by atoms with van der Waals surface area (Å²) < 4.78 is 0.918. The molecular weight excluding hydrogens is 162 g/mol. The largest absolute Gasteiger partial charge is 0.341 e. The van der Waals surface area contributed by atoms with Crippen molar-refractivity contribution in [2.24, 2.45) is 0 Å². The molecule has 0 bridgehead atoms. The number of thiazole rings is 1. The van der Waals surface area contributed by atoms with Crippen LogP contribution < -0.4 is 0 Å². The maximum Gasteiger partial charge on any atom is 0.158 e. The van der Waals surface area contributed by atoms with Gasteiger partial charge < -0.3 is 4.98 Å². The lowest BCUT2D eigenvalue weighted by Gasteiger charge is -2.23. The van der Waals surface area contributed by atoms with E-state index in [0.29, 0.717) is 0 Å². The van der Waals surface area contributed by atoms with E-state index in [1.165, 1.54) is 25.0 Å². The van der Waals surface area contributed by atoms with Gasteiger partial charge in [0.15, 0.2) is 3.95 Å². The molecule has 1 heterocycles. The van der Waals surface area contributed by atoms with Crippen LogP contribution in [0.4, 0.5) is 0 Å². The van der Waals surface area contributed by atoms with E-state index < -0.39 is 0 Å². The van der Waals surface area contributed by atoms with Crippen LogP contribution >= 0.6 is 23.6 Å². The van der Waals surface area contributed by atoms with Gasteiger partial charge in [-0.15, -0.1) is 11.3 Å². The first-order valence-corrected chi connectivity index (χ1v) is 4.83. The average molecular weight is 171 g/mol. The molecule has 10 heavy (non-hydrogen) atoms. The van der Waals surface area contributed by atoms with E-state index in [1.807, 2.05) is 0 Å². The van der Waals surface area contributed by atoms with Gasteiger partial charge in [-0.05, 0) is 31.0 Å². The summed E-state index contributed by atoms with van der Waals surface area (Å²) in [7, 11) is 0. The monoisotopic (exact) mass is 171 g/mol. The minimum Gasteiger partial charge on any atom is -0.341 e. The molecule has 0 radical (unpaired) electrons. The minimum atomic E-state index is 0.799. The predicted octanol–water partition coefficient (Wildman–Crippen LogP) is 3.07. The second kappa shape index (κ2) is 2.47. The van der Waals surface area contributed by atoms with Crippen LogP contribution in [-0.4, -0.2) is 4.98 Å². The molecule has 3 heteroatoms. The first-order chi connectivity index (χ1) is 4.86. The van der Waals surface area contributed by atoms with Crippen molar-refractivity contribution in [3.05, 3.63) is 15.0 Å². The van der Waals surface area contributed by atoms with Crippen LogP contribution in [0.5, 0.6) is 0 Å². The third kappa shape index (κ3) is 1.04. The molecular formula is C7H9NS2. The van der Waals surface area contributed by atoms with Crippen LogP contribution in [-0.2, 0) is 0 Å². The number of hydrogen-bond acceptors (Lipinski definition) is 2. The maximum absolute atomic E-state index is 4.99. The summed E-state index contributed by atoms with van der Waals surface area (Å²) in [6.07, 6.45) is 4.09. The van der Waals surface area contributed by atoms with E-state index in [4.69, 9.17) is 12.2 Å². The van der Waals surface area contributed by atoms with Gasteiger partial charge in [0.05, 0.1) is 0 Å². The predicted molar refractivity (Wildman–Crippen MR) is 46.1 cm³/mol. The van der Waals surface area contributed by atoms with Crippen LogP contribution in [0, 0.1) is 3.95 Å². The molecule has 1 aliphatic carbocycles. The van der Waals surface area contributed by atoms with Gasteiger partial charge in [-0.3, -0.25) is 0 Å². The van der Waals surface area contributed by atoms with E-state index in [-0.39, 0.29) is 0 Å². The lowest BCUT2D eigenvalue weighted by atomic mass is 9.83. The van der Waals surface area contributed by atoms with Crippen molar-refractivity contribution in [1.82, 2.24) is 4.98 Å². The van der Waals surface area contributed by atoms with Gasteiger partial charge in [-0.25, -0.2) is 0 Å². The third-order valence-electron chi connectivity index (χ3n) is 2.08. The molecule has 1 N–H and O–H groups in total. The standard InChI is InChI=1S/C7H9NS2/c9-7-8-6(4-10-7)5-2-1-3-5/h4-5H,1-3H2,(H,8,9). The fourth-order valence-electron chi connectivity index (χ4n) is 1.21. The SMILES string of the molecule is S=c1[nH]c(C2CCC2)cs1. The van der Waals surface area contributed by atoms with Crippen molar-refractivity contribution < 1.29 is 0 Å². The summed E-state index contributed by atoms with van der Waals surface area (Å²) in [6, 6.07) is 0. The maximum atomic E-state index is 4.99. The highest BCUT2D eigenvalue weighted by atomic mass is 32.1. The first-order valence-electron chi connectivity index (χ1n) is 3.54. The topological polar surface area (TPSA) is 15.8 Å². The molecule has 2 rings (SSSR count). The number of nitrogens with one attached hydrogen (secondary N) is 1. The van der Waals surface area contributed by atoms with Gasteiger partial charge in [0.2, 0.25) is 0 Å². The van der Waals surface area contributed by atoms with Crippen molar-refractivity contribution in [1.29, 1.82) is 0 Å². The Bertz CT molecular complexity index is 269. The molecule has 1 aromatic heterocycles. The van der Waals surface area contributed by atoms with Crippen LogP contribution in [0.15, 0.2) is 5.38 Å². The Hall–Kier alpha value is -0.150. The van der Waals surface area contributed by atoms with Gasteiger partial charge in [-0.1, -0.05) is 6.42 Å². The molecule has 0 aromatic carbocycles. The molecule has 0 atom stereocenters. The molecule has 0 saturated heterocycles. The van der Waals surface area contributed by atoms with Crippen molar-refractivity contribution in [3.8, 4) is 0 Å². The zero-order valence-corrected chi connectivity index (χ0v) is 7.23. The van der Waals surface area contributed by atoms with Gasteiger partial charge in [0.1, 0.15) is 0 Å². The van der Waals surface area contributed by atoms with Crippen molar-refractivity contribution in [2.75, 3.05) is 0 Å². The Balaban J connectivity index is 2.25. The van der Waals surface area contributed by atoms with Crippen molar-refractivity contribution in [3.63, 3.8) is 0 Å². The minimum absolute atomic E-state index is 0.799. The van der Waals surface area contributed by atoms with Gasteiger partial charge in [0.25, 0.3) is 0 Å². The van der Waals surface area contributed by atoms with Crippen LogP contribution in [0.25, 0.3) is 0 Å².